The van der Waals surface area contributed by atoms with E-state index in [0.717, 1.165) is 16.5 Å². The van der Waals surface area contributed by atoms with Crippen LogP contribution >= 0.6 is 11.6 Å². The summed E-state index contributed by atoms with van der Waals surface area (Å²) in [5, 5.41) is 4.79. The first kappa shape index (κ1) is 16.4. The molecule has 0 saturated heterocycles. The van der Waals surface area contributed by atoms with E-state index in [1.54, 1.807) is 0 Å². The molecule has 1 atom stereocenters. The maximum absolute atomic E-state index is 6.44. The van der Waals surface area contributed by atoms with Gasteiger partial charge in [-0.15, -0.1) is 0 Å². The van der Waals surface area contributed by atoms with Crippen LogP contribution in [-0.2, 0) is 0 Å². The molecule has 0 aromatic heterocycles. The van der Waals surface area contributed by atoms with Gasteiger partial charge in [0.2, 0.25) is 0 Å². The Labute approximate surface area is 155 Å². The van der Waals surface area contributed by atoms with E-state index in [2.05, 4.69) is 75.4 Å². The number of hydrogen-bond donors (Lipinski definition) is 0. The first-order valence-corrected chi connectivity index (χ1v) is 11.0. The van der Waals surface area contributed by atoms with Gasteiger partial charge in [0.1, 0.15) is 11.5 Å². The van der Waals surface area contributed by atoms with E-state index in [4.69, 9.17) is 16.3 Å². The molecule has 0 radical (unpaired) electrons. The Hall–Kier alpha value is -2.03. The van der Waals surface area contributed by atoms with Gasteiger partial charge in [-0.05, 0) is 44.9 Å². The van der Waals surface area contributed by atoms with Crippen molar-refractivity contribution < 1.29 is 4.74 Å². The van der Waals surface area contributed by atoms with E-state index in [9.17, 15) is 0 Å². The second-order valence-corrected chi connectivity index (χ2v) is 12.7. The van der Waals surface area contributed by atoms with Crippen molar-refractivity contribution in [2.24, 2.45) is 0 Å². The predicted octanol–water partition coefficient (Wildman–Crippen LogP) is 4.72. The third kappa shape index (κ3) is 2.36. The molecule has 1 aliphatic rings. The molecule has 1 unspecified atom stereocenters. The van der Waals surface area contributed by atoms with Crippen LogP contribution < -0.4 is 20.3 Å². The van der Waals surface area contributed by atoms with Gasteiger partial charge in [-0.3, -0.25) is 0 Å². The Balaban J connectivity index is 2.19. The van der Waals surface area contributed by atoms with Crippen molar-refractivity contribution in [3.05, 3.63) is 77.8 Å². The fourth-order valence-electron chi connectivity index (χ4n) is 4.25. The van der Waals surface area contributed by atoms with Crippen molar-refractivity contribution in [3.63, 3.8) is 0 Å². The molecule has 0 bridgehead atoms. The van der Waals surface area contributed by atoms with Gasteiger partial charge in [-0.25, -0.2) is 0 Å². The molecule has 0 N–H and O–H groups in total. The zero-order valence-electron chi connectivity index (χ0n) is 14.7. The van der Waals surface area contributed by atoms with Crippen LogP contribution in [0.15, 0.2) is 72.8 Å². The van der Waals surface area contributed by atoms with Gasteiger partial charge in [0.05, 0.1) is 0 Å². The van der Waals surface area contributed by atoms with Crippen LogP contribution in [-0.4, -0.2) is 8.07 Å². The summed E-state index contributed by atoms with van der Waals surface area (Å²) in [5.74, 6) is 1.91. The zero-order chi connectivity index (χ0) is 17.7. The highest BCUT2D eigenvalue weighted by atomic mass is 35.5. The van der Waals surface area contributed by atoms with E-state index in [-0.39, 0.29) is 5.04 Å². The van der Waals surface area contributed by atoms with Gasteiger partial charge in [0.15, 0.2) is 8.07 Å². The Kier molecular flexibility index (Phi) is 3.78. The van der Waals surface area contributed by atoms with Crippen LogP contribution in [0.5, 0.6) is 11.5 Å². The summed E-state index contributed by atoms with van der Waals surface area (Å²) in [5.41, 5.74) is 0. The molecule has 1 aliphatic heterocycles. The lowest BCUT2D eigenvalue weighted by atomic mass is 10.2. The lowest BCUT2D eigenvalue weighted by Gasteiger charge is -2.47. The summed E-state index contributed by atoms with van der Waals surface area (Å²) in [6.45, 7) is 7.04. The molecule has 3 aromatic carbocycles. The molecule has 0 amide bonds. The van der Waals surface area contributed by atoms with Crippen LogP contribution in [0.4, 0.5) is 0 Å². The topological polar surface area (TPSA) is 9.23 Å². The zero-order valence-corrected chi connectivity index (χ0v) is 16.5. The monoisotopic (exact) mass is 364 g/mol. The number of fused-ring (bicyclic) bond motifs is 2. The minimum absolute atomic E-state index is 0.0493. The summed E-state index contributed by atoms with van der Waals surface area (Å²) in [7, 11) is -2.34. The highest BCUT2D eigenvalue weighted by Gasteiger charge is 2.54. The molecular weight excluding hydrogens is 344 g/mol. The summed E-state index contributed by atoms with van der Waals surface area (Å²) in [6.07, 6.45) is 0. The molecule has 0 spiro atoms. The van der Waals surface area contributed by atoms with E-state index in [1.807, 2.05) is 18.2 Å². The summed E-state index contributed by atoms with van der Waals surface area (Å²) in [6, 6.07) is 25.4. The normalized spacial score (nSPS) is 18.9. The third-order valence-corrected chi connectivity index (χ3v) is 11.3. The number of para-hydroxylation sites is 1. The number of halogens is 1. The number of rotatable bonds is 1. The standard InChI is InChI=1S/C22H21ClOSi/c1-22(2,3)25(17-9-5-4-6-10-17)20-12-8-7-11-18(20)24-19-14-13-16(23)15-21(19)25/h4-15H,1-3H3. The van der Waals surface area contributed by atoms with Crippen LogP contribution in [0.2, 0.25) is 10.1 Å². The fraction of sp³-hybridized carbons (Fsp3) is 0.182. The minimum atomic E-state index is -2.34. The molecule has 25 heavy (non-hydrogen) atoms. The lowest BCUT2D eigenvalue weighted by molar-refractivity contribution is 0.485. The van der Waals surface area contributed by atoms with Crippen molar-refractivity contribution in [2.75, 3.05) is 0 Å². The molecule has 0 aliphatic carbocycles. The molecule has 126 valence electrons. The molecule has 3 heteroatoms. The molecule has 0 saturated carbocycles. The second-order valence-electron chi connectivity index (χ2n) is 7.60. The summed E-state index contributed by atoms with van der Waals surface area (Å²) in [4.78, 5) is 0. The van der Waals surface area contributed by atoms with Crippen molar-refractivity contribution in [2.45, 2.75) is 25.8 Å². The van der Waals surface area contributed by atoms with Crippen LogP contribution in [0.3, 0.4) is 0 Å². The van der Waals surface area contributed by atoms with E-state index >= 15 is 0 Å². The average Bonchev–Trinajstić information content (AvgIpc) is 2.59. The molecule has 0 fully saturated rings. The van der Waals surface area contributed by atoms with Crippen molar-refractivity contribution in [1.29, 1.82) is 0 Å². The van der Waals surface area contributed by atoms with E-state index in [0.29, 0.717) is 0 Å². The summed E-state index contributed by atoms with van der Waals surface area (Å²) < 4.78 is 6.28. The van der Waals surface area contributed by atoms with Gasteiger partial charge in [-0.1, -0.05) is 80.9 Å². The molecular formula is C22H21ClOSi. The smallest absolute Gasteiger partial charge is 0.163 e. The Morgan fingerprint density at radius 2 is 1.40 bits per heavy atom. The van der Waals surface area contributed by atoms with Crippen LogP contribution in [0.1, 0.15) is 20.8 Å². The van der Waals surface area contributed by atoms with Crippen LogP contribution in [0, 0.1) is 0 Å². The quantitative estimate of drug-likeness (QED) is 0.568. The van der Waals surface area contributed by atoms with Gasteiger partial charge >= 0.3 is 0 Å². The maximum atomic E-state index is 6.44. The van der Waals surface area contributed by atoms with Crippen LogP contribution in [0.25, 0.3) is 0 Å². The first-order valence-electron chi connectivity index (χ1n) is 8.57. The van der Waals surface area contributed by atoms with Crippen molar-refractivity contribution >= 4 is 35.2 Å². The highest BCUT2D eigenvalue weighted by Crippen LogP contribution is 2.42. The Bertz CT molecular complexity index is 930. The molecule has 1 heterocycles. The van der Waals surface area contributed by atoms with Crippen molar-refractivity contribution in [1.82, 2.24) is 0 Å². The largest absolute Gasteiger partial charge is 0.458 e. The van der Waals surface area contributed by atoms with Gasteiger partial charge < -0.3 is 4.74 Å². The number of hydrogen-bond acceptors (Lipinski definition) is 1. The Morgan fingerprint density at radius 1 is 0.760 bits per heavy atom. The summed E-state index contributed by atoms with van der Waals surface area (Å²) >= 11 is 6.44. The maximum Gasteiger partial charge on any atom is 0.163 e. The van der Waals surface area contributed by atoms with Gasteiger partial charge in [0, 0.05) is 5.02 Å². The number of ether oxygens (including phenoxy) is 1. The van der Waals surface area contributed by atoms with E-state index in [1.165, 1.54) is 15.6 Å². The van der Waals surface area contributed by atoms with E-state index < -0.39 is 8.07 Å². The highest BCUT2D eigenvalue weighted by molar-refractivity contribution is 7.14. The molecule has 3 aromatic rings. The number of benzene rings is 3. The van der Waals surface area contributed by atoms with Gasteiger partial charge in [0.25, 0.3) is 0 Å². The average molecular weight is 365 g/mol. The van der Waals surface area contributed by atoms with Crippen molar-refractivity contribution in [3.8, 4) is 11.5 Å². The minimum Gasteiger partial charge on any atom is -0.458 e. The van der Waals surface area contributed by atoms with Gasteiger partial charge in [-0.2, -0.15) is 0 Å². The lowest BCUT2D eigenvalue weighted by Crippen LogP contribution is -2.73. The molecule has 1 nitrogen and oxygen atoms in total. The second kappa shape index (κ2) is 5.75. The fourth-order valence-corrected chi connectivity index (χ4v) is 10.3. The SMILES string of the molecule is CC(C)(C)[Si]1(c2ccccc2)c2ccccc2Oc2ccc(Cl)cc21. The predicted molar refractivity (Wildman–Crippen MR) is 109 cm³/mol. The first-order chi connectivity index (χ1) is 11.9. The molecule has 4 rings (SSSR count). The Morgan fingerprint density at radius 3 is 2.12 bits per heavy atom. The third-order valence-electron chi connectivity index (χ3n) is 5.19.